The van der Waals surface area contributed by atoms with Gasteiger partial charge in [-0.05, 0) is 43.7 Å². The Morgan fingerprint density at radius 3 is 2.53 bits per heavy atom. The Balaban J connectivity index is 1.26. The molecule has 3 heterocycles. The van der Waals surface area contributed by atoms with Gasteiger partial charge in [-0.15, -0.1) is 0 Å². The molecule has 4 rings (SSSR count). The number of rotatable bonds is 9. The summed E-state index contributed by atoms with van der Waals surface area (Å²) in [6.45, 7) is 9.00. The molecule has 0 atom stereocenters. The molecular formula is C22H30FN7. The highest BCUT2D eigenvalue weighted by molar-refractivity contribution is 5.82. The van der Waals surface area contributed by atoms with E-state index in [1.165, 1.54) is 12.1 Å². The average Bonchev–Trinajstić information content (AvgIpc) is 3.19. The van der Waals surface area contributed by atoms with Crippen LogP contribution in [-0.4, -0.2) is 63.7 Å². The SMILES string of the molecule is CCCCNc1ncnc2c1ncn2CCCN1CCN(c2ccc(F)cc2)CC1. The standard InChI is InChI=1S/C22H30FN7/c1-2-3-9-24-21-20-22(26-16-25-21)30(17-27-20)11-4-10-28-12-14-29(15-13-28)19-7-5-18(23)6-8-19/h5-8,16-17H,2-4,9-15H2,1H3,(H,24,25,26). The molecule has 1 fully saturated rings. The molecule has 1 aliphatic heterocycles. The number of unbranched alkanes of at least 4 members (excludes halogenated alkanes) is 1. The summed E-state index contributed by atoms with van der Waals surface area (Å²) in [6.07, 6.45) is 6.79. The Hall–Kier alpha value is -2.74. The minimum Gasteiger partial charge on any atom is -0.369 e. The molecule has 7 nitrogen and oxygen atoms in total. The van der Waals surface area contributed by atoms with Gasteiger partial charge >= 0.3 is 0 Å². The number of nitrogens with zero attached hydrogens (tertiary/aromatic N) is 6. The summed E-state index contributed by atoms with van der Waals surface area (Å²) in [4.78, 5) is 18.2. The minimum absolute atomic E-state index is 0.182. The molecule has 0 amide bonds. The van der Waals surface area contributed by atoms with Crippen LogP contribution in [0.25, 0.3) is 11.2 Å². The molecule has 1 saturated heterocycles. The number of anilines is 2. The molecule has 1 aromatic carbocycles. The fraction of sp³-hybridized carbons (Fsp3) is 0.500. The van der Waals surface area contributed by atoms with E-state index in [-0.39, 0.29) is 5.82 Å². The summed E-state index contributed by atoms with van der Waals surface area (Å²) in [5, 5.41) is 3.37. The lowest BCUT2D eigenvalue weighted by molar-refractivity contribution is 0.251. The first-order valence-corrected chi connectivity index (χ1v) is 10.9. The summed E-state index contributed by atoms with van der Waals surface area (Å²) in [5.74, 6) is 0.641. The van der Waals surface area contributed by atoms with Gasteiger partial charge in [-0.3, -0.25) is 4.90 Å². The first-order valence-electron chi connectivity index (χ1n) is 10.9. The third-order valence-electron chi connectivity index (χ3n) is 5.66. The molecule has 0 aliphatic carbocycles. The van der Waals surface area contributed by atoms with Gasteiger partial charge in [-0.1, -0.05) is 13.3 Å². The summed E-state index contributed by atoms with van der Waals surface area (Å²) in [7, 11) is 0. The third-order valence-corrected chi connectivity index (χ3v) is 5.66. The van der Waals surface area contributed by atoms with Crippen molar-refractivity contribution in [3.63, 3.8) is 0 Å². The molecule has 3 aromatic rings. The molecule has 8 heteroatoms. The van der Waals surface area contributed by atoms with Crippen molar-refractivity contribution >= 4 is 22.7 Å². The lowest BCUT2D eigenvalue weighted by atomic mass is 10.2. The molecule has 1 aliphatic rings. The fourth-order valence-corrected chi connectivity index (χ4v) is 3.90. The Kier molecular flexibility index (Phi) is 6.74. The molecule has 0 unspecified atom stereocenters. The van der Waals surface area contributed by atoms with E-state index in [1.807, 2.05) is 18.5 Å². The zero-order valence-electron chi connectivity index (χ0n) is 17.6. The fourth-order valence-electron chi connectivity index (χ4n) is 3.90. The number of fused-ring (bicyclic) bond motifs is 1. The van der Waals surface area contributed by atoms with E-state index < -0.39 is 0 Å². The van der Waals surface area contributed by atoms with Crippen molar-refractivity contribution in [3.8, 4) is 0 Å². The number of aromatic nitrogens is 4. The summed E-state index contributed by atoms with van der Waals surface area (Å²) in [6, 6.07) is 6.79. The normalized spacial score (nSPS) is 15.1. The topological polar surface area (TPSA) is 62.1 Å². The smallest absolute Gasteiger partial charge is 0.165 e. The second-order valence-electron chi connectivity index (χ2n) is 7.77. The van der Waals surface area contributed by atoms with E-state index in [2.05, 4.69) is 41.6 Å². The largest absolute Gasteiger partial charge is 0.369 e. The Bertz CT molecular complexity index is 932. The van der Waals surface area contributed by atoms with Crippen LogP contribution in [0.4, 0.5) is 15.9 Å². The molecule has 0 saturated carbocycles. The lowest BCUT2D eigenvalue weighted by Gasteiger charge is -2.36. The Labute approximate surface area is 176 Å². The number of hydrogen-bond acceptors (Lipinski definition) is 6. The van der Waals surface area contributed by atoms with E-state index in [1.54, 1.807) is 6.33 Å². The molecule has 0 spiro atoms. The van der Waals surface area contributed by atoms with E-state index in [0.29, 0.717) is 0 Å². The quantitative estimate of drug-likeness (QED) is 0.545. The highest BCUT2D eigenvalue weighted by Crippen LogP contribution is 2.19. The van der Waals surface area contributed by atoms with E-state index in [9.17, 15) is 4.39 Å². The molecule has 160 valence electrons. The number of aryl methyl sites for hydroxylation is 1. The molecule has 0 bridgehead atoms. The highest BCUT2D eigenvalue weighted by atomic mass is 19.1. The third kappa shape index (κ3) is 4.87. The van der Waals surface area contributed by atoms with Gasteiger partial charge in [0.1, 0.15) is 17.7 Å². The van der Waals surface area contributed by atoms with Crippen molar-refractivity contribution in [2.45, 2.75) is 32.7 Å². The molecule has 2 aromatic heterocycles. The lowest BCUT2D eigenvalue weighted by Crippen LogP contribution is -2.46. The first kappa shape index (κ1) is 20.5. The second-order valence-corrected chi connectivity index (χ2v) is 7.77. The van der Waals surface area contributed by atoms with Crippen molar-refractivity contribution in [3.05, 3.63) is 42.7 Å². The van der Waals surface area contributed by atoms with Gasteiger partial charge in [-0.2, -0.15) is 0 Å². The van der Waals surface area contributed by atoms with Gasteiger partial charge in [0.25, 0.3) is 0 Å². The summed E-state index contributed by atoms with van der Waals surface area (Å²) in [5.41, 5.74) is 2.84. The number of piperazine rings is 1. The second kappa shape index (κ2) is 9.84. The number of nitrogens with one attached hydrogen (secondary N) is 1. The minimum atomic E-state index is -0.182. The number of halogens is 1. The van der Waals surface area contributed by atoms with Gasteiger partial charge in [0.15, 0.2) is 11.5 Å². The summed E-state index contributed by atoms with van der Waals surface area (Å²) >= 11 is 0. The summed E-state index contributed by atoms with van der Waals surface area (Å²) < 4.78 is 15.2. The maximum Gasteiger partial charge on any atom is 0.165 e. The van der Waals surface area contributed by atoms with Crippen LogP contribution < -0.4 is 10.2 Å². The van der Waals surface area contributed by atoms with Crippen LogP contribution in [-0.2, 0) is 6.54 Å². The maximum atomic E-state index is 13.1. The zero-order chi connectivity index (χ0) is 20.8. The van der Waals surface area contributed by atoms with E-state index in [0.717, 1.165) is 87.7 Å². The number of hydrogen-bond donors (Lipinski definition) is 1. The Morgan fingerprint density at radius 1 is 0.967 bits per heavy atom. The highest BCUT2D eigenvalue weighted by Gasteiger charge is 2.17. The van der Waals surface area contributed by atoms with Crippen LogP contribution in [0, 0.1) is 5.82 Å². The molecule has 30 heavy (non-hydrogen) atoms. The van der Waals surface area contributed by atoms with Crippen molar-refractivity contribution < 1.29 is 4.39 Å². The van der Waals surface area contributed by atoms with Crippen molar-refractivity contribution in [1.82, 2.24) is 24.4 Å². The predicted molar refractivity (Wildman–Crippen MR) is 118 cm³/mol. The van der Waals surface area contributed by atoms with Gasteiger partial charge in [0.05, 0.1) is 6.33 Å². The number of imidazole rings is 1. The Morgan fingerprint density at radius 2 is 1.77 bits per heavy atom. The van der Waals surface area contributed by atoms with Crippen molar-refractivity contribution in [1.29, 1.82) is 0 Å². The predicted octanol–water partition coefficient (Wildman–Crippen LogP) is 3.39. The van der Waals surface area contributed by atoms with Crippen LogP contribution in [0.15, 0.2) is 36.9 Å². The zero-order valence-corrected chi connectivity index (χ0v) is 17.6. The first-order chi connectivity index (χ1) is 14.7. The van der Waals surface area contributed by atoms with Crippen LogP contribution in [0.3, 0.4) is 0 Å². The molecule has 1 N–H and O–H groups in total. The van der Waals surface area contributed by atoms with Crippen LogP contribution in [0.5, 0.6) is 0 Å². The van der Waals surface area contributed by atoms with E-state index >= 15 is 0 Å². The van der Waals surface area contributed by atoms with Gasteiger partial charge in [-0.25, -0.2) is 19.3 Å². The van der Waals surface area contributed by atoms with Crippen molar-refractivity contribution in [2.24, 2.45) is 0 Å². The van der Waals surface area contributed by atoms with Gasteiger partial charge in [0, 0.05) is 45.0 Å². The van der Waals surface area contributed by atoms with Crippen LogP contribution in [0.2, 0.25) is 0 Å². The maximum absolute atomic E-state index is 13.1. The van der Waals surface area contributed by atoms with Gasteiger partial charge in [0.2, 0.25) is 0 Å². The number of benzene rings is 1. The van der Waals surface area contributed by atoms with E-state index in [4.69, 9.17) is 0 Å². The van der Waals surface area contributed by atoms with Gasteiger partial charge < -0.3 is 14.8 Å². The molecular weight excluding hydrogens is 381 g/mol. The van der Waals surface area contributed by atoms with Crippen molar-refractivity contribution in [2.75, 3.05) is 49.5 Å². The molecule has 0 radical (unpaired) electrons. The average molecular weight is 412 g/mol. The van der Waals surface area contributed by atoms with Crippen LogP contribution >= 0.6 is 0 Å². The monoisotopic (exact) mass is 411 g/mol. The van der Waals surface area contributed by atoms with Crippen LogP contribution in [0.1, 0.15) is 26.2 Å².